The molecule has 6 heteroatoms. The summed E-state index contributed by atoms with van der Waals surface area (Å²) in [6, 6.07) is 8.83. The largest absolute Gasteiger partial charge is 0.478 e. The molecule has 4 nitrogen and oxygen atoms in total. The second-order valence-corrected chi connectivity index (χ2v) is 8.42. The van der Waals surface area contributed by atoms with Gasteiger partial charge < -0.3 is 10.2 Å². The van der Waals surface area contributed by atoms with E-state index in [1.165, 1.54) is 17.8 Å². The number of halogens is 1. The fourth-order valence-electron chi connectivity index (χ4n) is 3.21. The zero-order valence-electron chi connectivity index (χ0n) is 15.7. The predicted octanol–water partition coefficient (Wildman–Crippen LogP) is 6.28. The lowest BCUT2D eigenvalue weighted by atomic mass is 9.83. The number of aromatic carboxylic acids is 2. The Kier molecular flexibility index (Phi) is 6.95. The molecule has 0 spiro atoms. The van der Waals surface area contributed by atoms with Crippen LogP contribution in [0.2, 0.25) is 5.02 Å². The number of thioether (sulfide) groups is 1. The molecule has 0 fully saturated rings. The molecule has 0 saturated heterocycles. The van der Waals surface area contributed by atoms with Crippen molar-refractivity contribution in [2.45, 2.75) is 50.2 Å². The van der Waals surface area contributed by atoms with Crippen molar-refractivity contribution in [1.29, 1.82) is 0 Å². The molecule has 0 unspecified atom stereocenters. The fraction of sp³-hybridized carbons (Fsp3) is 0.333. The van der Waals surface area contributed by atoms with E-state index < -0.39 is 11.9 Å². The lowest BCUT2D eigenvalue weighted by molar-refractivity contribution is 0.0675. The van der Waals surface area contributed by atoms with Crippen LogP contribution in [0, 0.1) is 0 Å². The van der Waals surface area contributed by atoms with Gasteiger partial charge in [0.15, 0.2) is 0 Å². The molecule has 0 aliphatic carbocycles. The molecule has 27 heavy (non-hydrogen) atoms. The van der Waals surface area contributed by atoms with Gasteiger partial charge >= 0.3 is 11.9 Å². The van der Waals surface area contributed by atoms with E-state index in [-0.39, 0.29) is 23.0 Å². The maximum absolute atomic E-state index is 12.1. The molecule has 0 radical (unpaired) electrons. The van der Waals surface area contributed by atoms with Crippen molar-refractivity contribution in [1.82, 2.24) is 0 Å². The van der Waals surface area contributed by atoms with Crippen molar-refractivity contribution in [2.24, 2.45) is 0 Å². The molecule has 2 aromatic rings. The Balaban J connectivity index is 2.64. The lowest BCUT2D eigenvalue weighted by Crippen LogP contribution is -2.16. The Morgan fingerprint density at radius 3 is 2.11 bits per heavy atom. The third-order valence-corrected chi connectivity index (χ3v) is 5.60. The van der Waals surface area contributed by atoms with Crippen molar-refractivity contribution in [3.05, 3.63) is 63.2 Å². The van der Waals surface area contributed by atoms with Crippen molar-refractivity contribution in [3.8, 4) is 0 Å². The van der Waals surface area contributed by atoms with Gasteiger partial charge in [-0.2, -0.15) is 0 Å². The van der Waals surface area contributed by atoms with Gasteiger partial charge in [-0.25, -0.2) is 9.59 Å². The van der Waals surface area contributed by atoms with E-state index >= 15 is 0 Å². The molecule has 0 atom stereocenters. The second kappa shape index (κ2) is 8.81. The minimum atomic E-state index is -1.04. The first kappa shape index (κ1) is 21.3. The number of carbonyl (C=O) groups is 2. The summed E-state index contributed by atoms with van der Waals surface area (Å²) in [5, 5.41) is 20.2. The molecule has 0 aliphatic rings. The molecule has 2 N–H and O–H groups in total. The van der Waals surface area contributed by atoms with E-state index in [0.717, 1.165) is 5.56 Å². The van der Waals surface area contributed by atoms with Crippen LogP contribution in [0.25, 0.3) is 0 Å². The lowest BCUT2D eigenvalue weighted by Gasteiger charge is -2.23. The molecule has 0 bridgehead atoms. The van der Waals surface area contributed by atoms with E-state index in [4.69, 9.17) is 11.6 Å². The number of carboxylic acids is 2. The third kappa shape index (κ3) is 4.85. The van der Waals surface area contributed by atoms with E-state index in [2.05, 4.69) is 0 Å². The Morgan fingerprint density at radius 2 is 1.63 bits per heavy atom. The summed E-state index contributed by atoms with van der Waals surface area (Å²) in [7, 11) is 0. The highest BCUT2D eigenvalue weighted by Gasteiger charge is 2.28. The van der Waals surface area contributed by atoms with E-state index in [1.54, 1.807) is 6.07 Å². The van der Waals surface area contributed by atoms with Gasteiger partial charge in [-0.1, -0.05) is 51.4 Å². The Morgan fingerprint density at radius 1 is 1.00 bits per heavy atom. The topological polar surface area (TPSA) is 74.6 Å². The summed E-state index contributed by atoms with van der Waals surface area (Å²) in [5.74, 6) is -1.79. The van der Waals surface area contributed by atoms with Crippen LogP contribution in [-0.4, -0.2) is 22.2 Å². The summed E-state index contributed by atoms with van der Waals surface area (Å²) >= 11 is 7.33. The van der Waals surface area contributed by atoms with Gasteiger partial charge in [0.05, 0.1) is 11.1 Å². The first-order valence-corrected chi connectivity index (χ1v) is 10.0. The van der Waals surface area contributed by atoms with Gasteiger partial charge in [0, 0.05) is 15.7 Å². The molecular weight excluding hydrogens is 384 g/mol. The molecular formula is C21H23ClO4S. The van der Waals surface area contributed by atoms with Gasteiger partial charge in [0.25, 0.3) is 0 Å². The quantitative estimate of drug-likeness (QED) is 0.529. The first-order valence-electron chi connectivity index (χ1n) is 8.68. The van der Waals surface area contributed by atoms with Crippen LogP contribution in [0.5, 0.6) is 0 Å². The minimum absolute atomic E-state index is 0.0985. The predicted molar refractivity (Wildman–Crippen MR) is 110 cm³/mol. The third-order valence-electron chi connectivity index (χ3n) is 4.25. The molecule has 0 heterocycles. The zero-order chi connectivity index (χ0) is 20.3. The summed E-state index contributed by atoms with van der Waals surface area (Å²) in [6.07, 6.45) is 0. The average Bonchev–Trinajstić information content (AvgIpc) is 2.57. The summed E-state index contributed by atoms with van der Waals surface area (Å²) < 4.78 is 0. The highest BCUT2D eigenvalue weighted by Crippen LogP contribution is 2.39. The van der Waals surface area contributed by atoms with Crippen LogP contribution >= 0.6 is 23.4 Å². The maximum atomic E-state index is 12.1. The van der Waals surface area contributed by atoms with Crippen molar-refractivity contribution in [3.63, 3.8) is 0 Å². The normalized spacial score (nSPS) is 11.2. The van der Waals surface area contributed by atoms with E-state index in [0.29, 0.717) is 26.8 Å². The Bertz CT molecular complexity index is 875. The number of hydrogen-bond acceptors (Lipinski definition) is 3. The van der Waals surface area contributed by atoms with Gasteiger partial charge in [0.2, 0.25) is 0 Å². The minimum Gasteiger partial charge on any atom is -0.478 e. The Hall–Kier alpha value is -1.98. The number of benzene rings is 2. The van der Waals surface area contributed by atoms with Crippen molar-refractivity contribution in [2.75, 3.05) is 0 Å². The zero-order valence-corrected chi connectivity index (χ0v) is 17.3. The van der Waals surface area contributed by atoms with Crippen molar-refractivity contribution < 1.29 is 19.8 Å². The maximum Gasteiger partial charge on any atom is 0.337 e. The molecule has 0 aromatic heterocycles. The monoisotopic (exact) mass is 406 g/mol. The van der Waals surface area contributed by atoms with Gasteiger partial charge in [-0.3, -0.25) is 0 Å². The standard InChI is InChI=1S/C21H23ClO4S/c1-11(2)17-15(20(23)24)9-16(19(21(25)26)18(17)12(3)4)27-10-13-6-5-7-14(22)8-13/h5-9,11-12H,10H2,1-4H3,(H,23,24)(H,25,26). The number of carboxylic acid groups (broad SMARTS) is 2. The van der Waals surface area contributed by atoms with E-state index in [1.807, 2.05) is 45.9 Å². The fourth-order valence-corrected chi connectivity index (χ4v) is 4.47. The van der Waals surface area contributed by atoms with Gasteiger partial charge in [0.1, 0.15) is 0 Å². The smallest absolute Gasteiger partial charge is 0.337 e. The highest BCUT2D eigenvalue weighted by molar-refractivity contribution is 7.98. The van der Waals surface area contributed by atoms with Crippen LogP contribution < -0.4 is 0 Å². The van der Waals surface area contributed by atoms with E-state index in [9.17, 15) is 19.8 Å². The summed E-state index contributed by atoms with van der Waals surface area (Å²) in [6.45, 7) is 7.56. The number of rotatable bonds is 7. The van der Waals surface area contributed by atoms with Gasteiger partial charge in [-0.15, -0.1) is 11.8 Å². The Labute approximate surface area is 168 Å². The molecule has 2 aromatic carbocycles. The molecule has 2 rings (SSSR count). The summed E-state index contributed by atoms with van der Waals surface area (Å²) in [4.78, 5) is 24.4. The van der Waals surface area contributed by atoms with Crippen LogP contribution in [0.4, 0.5) is 0 Å². The average molecular weight is 407 g/mol. The van der Waals surface area contributed by atoms with Gasteiger partial charge in [-0.05, 0) is 46.7 Å². The highest BCUT2D eigenvalue weighted by atomic mass is 35.5. The van der Waals surface area contributed by atoms with Crippen LogP contribution in [0.3, 0.4) is 0 Å². The van der Waals surface area contributed by atoms with Crippen LogP contribution in [0.15, 0.2) is 35.2 Å². The molecule has 0 saturated carbocycles. The van der Waals surface area contributed by atoms with Crippen LogP contribution in [0.1, 0.15) is 76.9 Å². The first-order chi connectivity index (χ1) is 12.6. The molecule has 0 amide bonds. The number of hydrogen-bond donors (Lipinski definition) is 2. The molecule has 144 valence electrons. The van der Waals surface area contributed by atoms with Crippen molar-refractivity contribution >= 4 is 35.3 Å². The SMILES string of the molecule is CC(C)c1c(C(=O)O)cc(SCc2cccc(Cl)c2)c(C(=O)O)c1C(C)C. The molecule has 0 aliphatic heterocycles. The summed E-state index contributed by atoms with van der Waals surface area (Å²) in [5.41, 5.74) is 2.52. The van der Waals surface area contributed by atoms with Crippen LogP contribution in [-0.2, 0) is 5.75 Å². The second-order valence-electron chi connectivity index (χ2n) is 6.96.